The lowest BCUT2D eigenvalue weighted by Crippen LogP contribution is -1.84. The molecule has 0 amide bonds. The Balaban J connectivity index is 2.54. The molecule has 0 atom stereocenters. The Morgan fingerprint density at radius 3 is 2.86 bits per heavy atom. The van der Waals surface area contributed by atoms with E-state index < -0.39 is 0 Å². The molecule has 0 radical (unpaired) electrons. The summed E-state index contributed by atoms with van der Waals surface area (Å²) in [7, 11) is 0. The molecule has 1 heterocycles. The van der Waals surface area contributed by atoms with Crippen molar-refractivity contribution in [2.45, 2.75) is 0 Å². The van der Waals surface area contributed by atoms with E-state index in [4.69, 9.17) is 0 Å². The number of benzene rings is 1. The first-order chi connectivity index (χ1) is 6.81. The van der Waals surface area contributed by atoms with Crippen molar-refractivity contribution in [1.29, 1.82) is 0 Å². The lowest BCUT2D eigenvalue weighted by atomic mass is 10.1. The van der Waals surface area contributed by atoms with E-state index in [0.29, 0.717) is 16.8 Å². The number of carbonyl (C=O) groups is 1. The summed E-state index contributed by atoms with van der Waals surface area (Å²) in [5.41, 5.74) is 1.87. The third-order valence-corrected chi connectivity index (χ3v) is 2.02. The molecule has 0 saturated carbocycles. The van der Waals surface area contributed by atoms with Gasteiger partial charge in [0.25, 0.3) is 0 Å². The molecule has 0 fully saturated rings. The number of hydrogen-bond donors (Lipinski definition) is 1. The van der Waals surface area contributed by atoms with Crippen LogP contribution >= 0.6 is 0 Å². The minimum absolute atomic E-state index is 0.311. The van der Waals surface area contributed by atoms with Crippen LogP contribution in [0.4, 0.5) is 4.39 Å². The van der Waals surface area contributed by atoms with Crippen molar-refractivity contribution < 1.29 is 9.18 Å². The summed E-state index contributed by atoms with van der Waals surface area (Å²) in [5.74, 6) is -0.311. The minimum Gasteiger partial charge on any atom is -0.361 e. The van der Waals surface area contributed by atoms with E-state index in [1.54, 1.807) is 24.4 Å². The lowest BCUT2D eigenvalue weighted by Gasteiger charge is -1.99. The fraction of sp³-hybridized carbons (Fsp3) is 0. The molecular weight excluding hydrogens is 181 g/mol. The Bertz CT molecular complexity index is 462. The van der Waals surface area contributed by atoms with Gasteiger partial charge in [-0.05, 0) is 18.2 Å². The second-order valence-electron chi connectivity index (χ2n) is 2.94. The smallest absolute Gasteiger partial charge is 0.152 e. The van der Waals surface area contributed by atoms with E-state index in [1.165, 1.54) is 12.1 Å². The van der Waals surface area contributed by atoms with Gasteiger partial charge in [-0.3, -0.25) is 4.79 Å². The highest BCUT2D eigenvalue weighted by Crippen LogP contribution is 2.21. The maximum absolute atomic E-state index is 12.9. The Kier molecular flexibility index (Phi) is 2.14. The van der Waals surface area contributed by atoms with Crippen molar-refractivity contribution >= 4 is 6.29 Å². The van der Waals surface area contributed by atoms with E-state index in [1.807, 2.05) is 0 Å². The van der Waals surface area contributed by atoms with Gasteiger partial charge < -0.3 is 4.98 Å². The standard InChI is InChI=1S/C11H8FNO/c12-10-3-1-2-8(6-10)11-9(7-14)4-5-13-11/h1-7,13H. The molecule has 1 aromatic heterocycles. The SMILES string of the molecule is O=Cc1cc[nH]c1-c1cccc(F)c1. The number of hydrogen-bond acceptors (Lipinski definition) is 1. The minimum atomic E-state index is -0.311. The van der Waals surface area contributed by atoms with Crippen LogP contribution < -0.4 is 0 Å². The first kappa shape index (κ1) is 8.69. The summed E-state index contributed by atoms with van der Waals surface area (Å²) in [4.78, 5) is 13.5. The van der Waals surface area contributed by atoms with Gasteiger partial charge in [0.05, 0.1) is 5.69 Å². The first-order valence-electron chi connectivity index (χ1n) is 4.20. The average Bonchev–Trinajstić information content (AvgIpc) is 2.65. The summed E-state index contributed by atoms with van der Waals surface area (Å²) in [6.45, 7) is 0. The molecule has 0 unspecified atom stereocenters. The van der Waals surface area contributed by atoms with Gasteiger partial charge in [0.15, 0.2) is 6.29 Å². The lowest BCUT2D eigenvalue weighted by molar-refractivity contribution is 0.112. The van der Waals surface area contributed by atoms with Crippen molar-refractivity contribution in [3.8, 4) is 11.3 Å². The molecule has 1 N–H and O–H groups in total. The number of H-pyrrole nitrogens is 1. The summed E-state index contributed by atoms with van der Waals surface area (Å²) < 4.78 is 12.9. The number of aldehydes is 1. The summed E-state index contributed by atoms with van der Waals surface area (Å²) >= 11 is 0. The van der Waals surface area contributed by atoms with E-state index in [2.05, 4.69) is 4.98 Å². The van der Waals surface area contributed by atoms with Gasteiger partial charge in [-0.1, -0.05) is 12.1 Å². The maximum Gasteiger partial charge on any atom is 0.152 e. The van der Waals surface area contributed by atoms with Gasteiger partial charge in [0, 0.05) is 17.3 Å². The third-order valence-electron chi connectivity index (χ3n) is 2.02. The van der Waals surface area contributed by atoms with Gasteiger partial charge >= 0.3 is 0 Å². The van der Waals surface area contributed by atoms with Crippen LogP contribution in [0.15, 0.2) is 36.5 Å². The van der Waals surface area contributed by atoms with Crippen LogP contribution in [0.1, 0.15) is 10.4 Å². The highest BCUT2D eigenvalue weighted by atomic mass is 19.1. The van der Waals surface area contributed by atoms with Crippen LogP contribution in [0, 0.1) is 5.82 Å². The van der Waals surface area contributed by atoms with Crippen LogP contribution in [0.3, 0.4) is 0 Å². The van der Waals surface area contributed by atoms with E-state index in [9.17, 15) is 9.18 Å². The Hall–Kier alpha value is -1.90. The monoisotopic (exact) mass is 189 g/mol. The summed E-state index contributed by atoms with van der Waals surface area (Å²) in [5, 5.41) is 0. The largest absolute Gasteiger partial charge is 0.361 e. The Labute approximate surface area is 80.4 Å². The van der Waals surface area contributed by atoms with Gasteiger partial charge in [-0.15, -0.1) is 0 Å². The highest BCUT2D eigenvalue weighted by Gasteiger charge is 2.05. The fourth-order valence-corrected chi connectivity index (χ4v) is 1.37. The van der Waals surface area contributed by atoms with E-state index in [-0.39, 0.29) is 5.82 Å². The Morgan fingerprint density at radius 1 is 1.29 bits per heavy atom. The molecule has 3 heteroatoms. The van der Waals surface area contributed by atoms with Gasteiger partial charge in [0.1, 0.15) is 5.82 Å². The van der Waals surface area contributed by atoms with Crippen molar-refractivity contribution in [1.82, 2.24) is 4.98 Å². The predicted molar refractivity (Wildman–Crippen MR) is 51.6 cm³/mol. The van der Waals surface area contributed by atoms with Gasteiger partial charge in [-0.2, -0.15) is 0 Å². The maximum atomic E-state index is 12.9. The molecule has 14 heavy (non-hydrogen) atoms. The van der Waals surface area contributed by atoms with Crippen molar-refractivity contribution in [3.63, 3.8) is 0 Å². The number of nitrogens with one attached hydrogen (secondary N) is 1. The molecule has 0 saturated heterocycles. The Morgan fingerprint density at radius 2 is 2.14 bits per heavy atom. The molecular formula is C11H8FNO. The molecule has 0 aliphatic rings. The number of halogens is 1. The zero-order chi connectivity index (χ0) is 9.97. The number of aromatic nitrogens is 1. The molecule has 2 nitrogen and oxygen atoms in total. The topological polar surface area (TPSA) is 32.9 Å². The predicted octanol–water partition coefficient (Wildman–Crippen LogP) is 2.63. The highest BCUT2D eigenvalue weighted by molar-refractivity contribution is 5.85. The molecule has 2 rings (SSSR count). The van der Waals surface area contributed by atoms with E-state index >= 15 is 0 Å². The normalized spacial score (nSPS) is 10.1. The van der Waals surface area contributed by atoms with Gasteiger partial charge in [0.2, 0.25) is 0 Å². The molecule has 0 bridgehead atoms. The molecule has 0 aliphatic carbocycles. The summed E-state index contributed by atoms with van der Waals surface area (Å²) in [6.07, 6.45) is 2.40. The van der Waals surface area contributed by atoms with Crippen molar-refractivity contribution in [2.75, 3.05) is 0 Å². The second-order valence-corrected chi connectivity index (χ2v) is 2.94. The molecule has 70 valence electrons. The first-order valence-corrected chi connectivity index (χ1v) is 4.20. The van der Waals surface area contributed by atoms with Crippen molar-refractivity contribution in [3.05, 3.63) is 47.9 Å². The number of carbonyl (C=O) groups excluding carboxylic acids is 1. The zero-order valence-corrected chi connectivity index (χ0v) is 7.33. The fourth-order valence-electron chi connectivity index (χ4n) is 1.37. The molecule has 0 spiro atoms. The van der Waals surface area contributed by atoms with Crippen LogP contribution in [0.5, 0.6) is 0 Å². The summed E-state index contributed by atoms with van der Waals surface area (Å²) in [6, 6.07) is 7.78. The van der Waals surface area contributed by atoms with Crippen LogP contribution in [-0.4, -0.2) is 11.3 Å². The zero-order valence-electron chi connectivity index (χ0n) is 7.33. The van der Waals surface area contributed by atoms with Gasteiger partial charge in [-0.25, -0.2) is 4.39 Å². The average molecular weight is 189 g/mol. The van der Waals surface area contributed by atoms with E-state index in [0.717, 1.165) is 6.29 Å². The second kappa shape index (κ2) is 3.46. The number of aromatic amines is 1. The number of rotatable bonds is 2. The quantitative estimate of drug-likeness (QED) is 0.724. The molecule has 0 aliphatic heterocycles. The third kappa shape index (κ3) is 1.44. The van der Waals surface area contributed by atoms with Crippen LogP contribution in [0.25, 0.3) is 11.3 Å². The molecule has 2 aromatic rings. The van der Waals surface area contributed by atoms with Crippen LogP contribution in [-0.2, 0) is 0 Å². The van der Waals surface area contributed by atoms with Crippen LogP contribution in [0.2, 0.25) is 0 Å². The molecule has 1 aromatic carbocycles. The van der Waals surface area contributed by atoms with Crippen molar-refractivity contribution in [2.24, 2.45) is 0 Å².